The van der Waals surface area contributed by atoms with Gasteiger partial charge in [0.1, 0.15) is 5.75 Å². The van der Waals surface area contributed by atoms with Crippen molar-refractivity contribution in [3.63, 3.8) is 0 Å². The van der Waals surface area contributed by atoms with Gasteiger partial charge in [-0.2, -0.15) is 0 Å². The summed E-state index contributed by atoms with van der Waals surface area (Å²) < 4.78 is 31.3. The summed E-state index contributed by atoms with van der Waals surface area (Å²) in [5, 5.41) is 5.99. The van der Waals surface area contributed by atoms with Crippen molar-refractivity contribution in [2.45, 2.75) is 6.92 Å². The minimum absolute atomic E-state index is 0.00199. The van der Waals surface area contributed by atoms with Gasteiger partial charge in [-0.25, -0.2) is 9.18 Å². The number of nitrogens with zero attached hydrogens (tertiary/aromatic N) is 1. The van der Waals surface area contributed by atoms with E-state index in [0.717, 1.165) is 5.56 Å². The summed E-state index contributed by atoms with van der Waals surface area (Å²) in [7, 11) is 3.07. The van der Waals surface area contributed by atoms with Crippen molar-refractivity contribution < 1.29 is 23.4 Å². The van der Waals surface area contributed by atoms with E-state index in [1.165, 1.54) is 26.4 Å². The molecule has 33 heavy (non-hydrogen) atoms. The molecule has 0 aliphatic carbocycles. The van der Waals surface area contributed by atoms with Crippen LogP contribution >= 0.6 is 0 Å². The van der Waals surface area contributed by atoms with Gasteiger partial charge in [-0.1, -0.05) is 18.2 Å². The number of anilines is 2. The van der Waals surface area contributed by atoms with Crippen LogP contribution in [0.4, 0.5) is 20.6 Å². The molecule has 0 unspecified atom stereocenters. The number of ether oxygens (including phenoxy) is 3. The fourth-order valence-corrected chi connectivity index (χ4v) is 3.31. The smallest absolute Gasteiger partial charge is 0.323 e. The van der Waals surface area contributed by atoms with E-state index < -0.39 is 11.8 Å². The molecule has 7 nitrogen and oxygen atoms in total. The van der Waals surface area contributed by atoms with Gasteiger partial charge in [0, 0.05) is 35.1 Å². The zero-order chi connectivity index (χ0) is 23.4. The number of carbonyl (C=O) groups is 1. The maximum atomic E-state index is 14.8. The number of hydrogen-bond donors (Lipinski definition) is 2. The molecule has 3 aromatic carbocycles. The lowest BCUT2D eigenvalue weighted by Crippen LogP contribution is -2.20. The minimum Gasteiger partial charge on any atom is -0.493 e. The summed E-state index contributed by atoms with van der Waals surface area (Å²) in [6.45, 7) is 1.88. The van der Waals surface area contributed by atoms with Gasteiger partial charge in [0.05, 0.1) is 19.7 Å². The first-order chi connectivity index (χ1) is 16.0. The maximum absolute atomic E-state index is 14.8. The van der Waals surface area contributed by atoms with Crippen molar-refractivity contribution in [3.8, 4) is 23.0 Å². The Labute approximate surface area is 190 Å². The van der Waals surface area contributed by atoms with Gasteiger partial charge in [-0.15, -0.1) is 0 Å². The molecule has 8 heteroatoms. The Bertz CT molecular complexity index is 1330. The molecule has 2 N–H and O–H groups in total. The van der Waals surface area contributed by atoms with Crippen molar-refractivity contribution in [2.24, 2.45) is 0 Å². The number of fused-ring (bicyclic) bond motifs is 1. The average Bonchev–Trinajstić information content (AvgIpc) is 2.81. The number of nitrogens with one attached hydrogen (secondary N) is 2. The molecule has 168 valence electrons. The van der Waals surface area contributed by atoms with Gasteiger partial charge < -0.3 is 24.8 Å². The fourth-order valence-electron chi connectivity index (χ4n) is 3.31. The van der Waals surface area contributed by atoms with E-state index >= 15 is 0 Å². The topological polar surface area (TPSA) is 81.7 Å². The molecular weight excluding hydrogens is 424 g/mol. The SMILES string of the molecule is COc1cc2nccc(Oc3ccc(N[11C](=O)Nc4ccccc4C)cc3F)c2cc1OC. The predicted molar refractivity (Wildman–Crippen MR) is 125 cm³/mol. The summed E-state index contributed by atoms with van der Waals surface area (Å²) in [6.07, 6.45) is 1.56. The van der Waals surface area contributed by atoms with Gasteiger partial charge in [-0.05, 0) is 42.8 Å². The van der Waals surface area contributed by atoms with E-state index in [1.807, 2.05) is 25.1 Å². The van der Waals surface area contributed by atoms with Crippen LogP contribution in [0, 0.1) is 12.7 Å². The Balaban J connectivity index is 1.54. The van der Waals surface area contributed by atoms with Crippen LogP contribution in [0.1, 0.15) is 5.56 Å². The fraction of sp³-hybridized carbons (Fsp3) is 0.120. The Kier molecular flexibility index (Phi) is 6.26. The van der Waals surface area contributed by atoms with Gasteiger partial charge in [0.2, 0.25) is 0 Å². The number of carbonyl (C=O) groups excluding carboxylic acids is 1. The average molecular weight is 446 g/mol. The van der Waals surface area contributed by atoms with Gasteiger partial charge in [0.15, 0.2) is 23.1 Å². The molecule has 0 bridgehead atoms. The second-order valence-corrected chi connectivity index (χ2v) is 7.17. The van der Waals surface area contributed by atoms with E-state index in [9.17, 15) is 9.18 Å². The Morgan fingerprint density at radius 1 is 0.879 bits per heavy atom. The van der Waals surface area contributed by atoms with Crippen LogP contribution in [0.15, 0.2) is 66.9 Å². The van der Waals surface area contributed by atoms with Crippen molar-refractivity contribution in [3.05, 3.63) is 78.2 Å². The van der Waals surface area contributed by atoms with Crippen LogP contribution in [-0.4, -0.2) is 25.2 Å². The summed E-state index contributed by atoms with van der Waals surface area (Å²) in [4.78, 5) is 16.6. The molecule has 2 amide bonds. The quantitative estimate of drug-likeness (QED) is 0.372. The maximum Gasteiger partial charge on any atom is 0.323 e. The molecule has 1 aromatic heterocycles. The summed E-state index contributed by atoms with van der Waals surface area (Å²) in [5.41, 5.74) is 2.49. The highest BCUT2D eigenvalue weighted by Crippen LogP contribution is 2.37. The number of urea groups is 1. The molecule has 0 fully saturated rings. The van der Waals surface area contributed by atoms with Crippen molar-refractivity contribution in [2.75, 3.05) is 24.9 Å². The summed E-state index contributed by atoms with van der Waals surface area (Å²) >= 11 is 0. The highest BCUT2D eigenvalue weighted by atomic mass is 19.1. The zero-order valence-electron chi connectivity index (χ0n) is 18.3. The third-order valence-electron chi connectivity index (χ3n) is 5.01. The molecule has 0 atom stereocenters. The lowest BCUT2D eigenvalue weighted by molar-refractivity contribution is 0.262. The molecule has 0 saturated heterocycles. The molecule has 4 aromatic rings. The van der Waals surface area contributed by atoms with Crippen LogP contribution in [0.2, 0.25) is 0 Å². The lowest BCUT2D eigenvalue weighted by Gasteiger charge is -2.13. The number of amides is 2. The third kappa shape index (κ3) is 4.79. The van der Waals surface area contributed by atoms with Crippen LogP contribution in [0.5, 0.6) is 23.0 Å². The molecule has 1 heterocycles. The molecule has 0 spiro atoms. The van der Waals surface area contributed by atoms with Gasteiger partial charge >= 0.3 is 6.03 Å². The standard InChI is InChI=1S/C25H22FN3O4/c1-15-6-4-5-7-19(15)29-25(30)28-16-8-9-22(18(26)12-16)33-21-10-11-27-20-14-24(32-3)23(31-2)13-17(20)21/h4-14H,1-3H3,(H2,28,29,30)/i25-1. The molecule has 0 radical (unpaired) electrons. The first kappa shape index (κ1) is 21.9. The van der Waals surface area contributed by atoms with Crippen molar-refractivity contribution >= 4 is 28.3 Å². The lowest BCUT2D eigenvalue weighted by atomic mass is 10.1. The number of benzene rings is 3. The number of aryl methyl sites for hydroxylation is 1. The van der Waals surface area contributed by atoms with Crippen LogP contribution < -0.4 is 24.8 Å². The zero-order valence-corrected chi connectivity index (χ0v) is 18.3. The van der Waals surface area contributed by atoms with E-state index in [4.69, 9.17) is 14.2 Å². The molecule has 4 rings (SSSR count). The molecule has 0 saturated carbocycles. The van der Waals surface area contributed by atoms with Gasteiger partial charge in [-0.3, -0.25) is 4.98 Å². The van der Waals surface area contributed by atoms with Crippen LogP contribution in [-0.2, 0) is 0 Å². The predicted octanol–water partition coefficient (Wildman–Crippen LogP) is 6.14. The van der Waals surface area contributed by atoms with E-state index in [1.54, 1.807) is 36.5 Å². The Morgan fingerprint density at radius 2 is 1.64 bits per heavy atom. The molecule has 0 aliphatic heterocycles. The molecule has 0 aliphatic rings. The number of hydrogen-bond acceptors (Lipinski definition) is 5. The van der Waals surface area contributed by atoms with E-state index in [0.29, 0.717) is 33.8 Å². The highest BCUT2D eigenvalue weighted by Gasteiger charge is 2.14. The highest BCUT2D eigenvalue weighted by molar-refractivity contribution is 6.00. The summed E-state index contributed by atoms with van der Waals surface area (Å²) in [5.74, 6) is 0.803. The second-order valence-electron chi connectivity index (χ2n) is 7.17. The van der Waals surface area contributed by atoms with Crippen LogP contribution in [0.3, 0.4) is 0 Å². The molecular formula is C25H22FN3O4. The number of rotatable bonds is 6. The number of aromatic nitrogens is 1. The number of para-hydroxylation sites is 1. The number of methoxy groups -OCH3 is 2. The van der Waals surface area contributed by atoms with E-state index in [2.05, 4.69) is 15.6 Å². The largest absolute Gasteiger partial charge is 0.493 e. The van der Waals surface area contributed by atoms with E-state index in [-0.39, 0.29) is 11.4 Å². The van der Waals surface area contributed by atoms with Crippen molar-refractivity contribution in [1.82, 2.24) is 4.98 Å². The minimum atomic E-state index is -0.630. The normalized spacial score (nSPS) is 10.5. The first-order valence-electron chi connectivity index (χ1n) is 10.1. The number of halogens is 1. The Morgan fingerprint density at radius 3 is 2.36 bits per heavy atom. The van der Waals surface area contributed by atoms with Crippen molar-refractivity contribution in [1.29, 1.82) is 0 Å². The third-order valence-corrected chi connectivity index (χ3v) is 5.01. The Hall–Kier alpha value is -4.33. The monoisotopic (exact) mass is 446 g/mol. The van der Waals surface area contributed by atoms with Crippen LogP contribution in [0.25, 0.3) is 10.9 Å². The number of pyridine rings is 1. The first-order valence-corrected chi connectivity index (χ1v) is 10.1. The van der Waals surface area contributed by atoms with Gasteiger partial charge in [0.25, 0.3) is 0 Å². The second kappa shape index (κ2) is 9.44. The summed E-state index contributed by atoms with van der Waals surface area (Å²) in [6, 6.07) is 16.2.